The Hall–Kier alpha value is -0.420. The molecule has 2 rings (SSSR count). The molecule has 0 aliphatic carbocycles. The van der Waals surface area contributed by atoms with E-state index in [0.717, 1.165) is 38.1 Å². The van der Waals surface area contributed by atoms with Crippen LogP contribution in [-0.2, 0) is 0 Å². The quantitative estimate of drug-likeness (QED) is 0.635. The maximum atomic E-state index is 4.99. The van der Waals surface area contributed by atoms with E-state index < -0.39 is 0 Å². The Balaban J connectivity index is 1.94. The van der Waals surface area contributed by atoms with Crippen LogP contribution < -0.4 is 5.32 Å². The minimum absolute atomic E-state index is 0.332. The summed E-state index contributed by atoms with van der Waals surface area (Å²) in [6.45, 7) is 16.9. The Morgan fingerprint density at radius 1 is 1.32 bits per heavy atom. The number of hydrogen-bond donors (Lipinski definition) is 1. The number of rotatable bonds is 4. The number of piperidine rings is 1. The fourth-order valence-electron chi connectivity index (χ4n) is 3.43. The van der Waals surface area contributed by atoms with Gasteiger partial charge >= 0.3 is 0 Å². The lowest BCUT2D eigenvalue weighted by atomic mass is 9.98. The van der Waals surface area contributed by atoms with Gasteiger partial charge in [-0.05, 0) is 52.6 Å². The second kappa shape index (κ2) is 8.44. The highest BCUT2D eigenvalue weighted by molar-refractivity contribution is 8.00. The number of guanidine groups is 1. The van der Waals surface area contributed by atoms with Crippen molar-refractivity contribution in [1.82, 2.24) is 15.1 Å². The van der Waals surface area contributed by atoms with E-state index in [4.69, 9.17) is 4.99 Å². The normalized spacial score (nSPS) is 27.0. The minimum Gasteiger partial charge on any atom is -0.357 e. The number of nitrogens with one attached hydrogen (secondary N) is 1. The second-order valence-electron chi connectivity index (χ2n) is 7.13. The van der Waals surface area contributed by atoms with Gasteiger partial charge in [-0.1, -0.05) is 6.92 Å². The number of aliphatic imine (C=N–C) groups is 1. The van der Waals surface area contributed by atoms with Crippen molar-refractivity contribution in [3.05, 3.63) is 0 Å². The smallest absolute Gasteiger partial charge is 0.193 e. The zero-order chi connectivity index (χ0) is 16.0. The van der Waals surface area contributed by atoms with Crippen LogP contribution in [0.4, 0.5) is 0 Å². The molecule has 0 aromatic carbocycles. The number of nitrogens with zero attached hydrogens (tertiary/aromatic N) is 3. The number of hydrogen-bond acceptors (Lipinski definition) is 3. The Morgan fingerprint density at radius 3 is 2.82 bits per heavy atom. The van der Waals surface area contributed by atoms with Gasteiger partial charge < -0.3 is 15.1 Å². The molecular formula is C17H34N4S. The third kappa shape index (κ3) is 5.34. The maximum Gasteiger partial charge on any atom is 0.193 e. The Bertz CT molecular complexity index is 370. The SMILES string of the molecule is CCNC(=NCC1CCCN(CC)C1)N1CCSC(C)(C)C1. The molecule has 2 heterocycles. The third-order valence-corrected chi connectivity index (χ3v) is 5.91. The average Bonchev–Trinajstić information content (AvgIpc) is 2.50. The summed E-state index contributed by atoms with van der Waals surface area (Å²) in [7, 11) is 0. The molecule has 4 nitrogen and oxygen atoms in total. The third-order valence-electron chi connectivity index (χ3n) is 4.61. The summed E-state index contributed by atoms with van der Waals surface area (Å²) in [5.41, 5.74) is 0. The summed E-state index contributed by atoms with van der Waals surface area (Å²) in [5.74, 6) is 3.06. The molecule has 1 N–H and O–H groups in total. The fourth-order valence-corrected chi connectivity index (χ4v) is 4.54. The second-order valence-corrected chi connectivity index (χ2v) is 8.93. The van der Waals surface area contributed by atoms with Crippen LogP contribution >= 0.6 is 11.8 Å². The van der Waals surface area contributed by atoms with Gasteiger partial charge in [0.1, 0.15) is 0 Å². The zero-order valence-corrected chi connectivity index (χ0v) is 15.7. The lowest BCUT2D eigenvalue weighted by Gasteiger charge is -2.39. The van der Waals surface area contributed by atoms with Gasteiger partial charge in [0.25, 0.3) is 0 Å². The van der Waals surface area contributed by atoms with Gasteiger partial charge in [-0.3, -0.25) is 4.99 Å². The topological polar surface area (TPSA) is 30.9 Å². The molecule has 0 aromatic heterocycles. The molecule has 128 valence electrons. The van der Waals surface area contributed by atoms with E-state index in [-0.39, 0.29) is 0 Å². The summed E-state index contributed by atoms with van der Waals surface area (Å²) in [5, 5.41) is 3.51. The molecule has 0 bridgehead atoms. The van der Waals surface area contributed by atoms with Gasteiger partial charge in [0, 0.05) is 43.2 Å². The Kier molecular flexibility index (Phi) is 6.87. The maximum absolute atomic E-state index is 4.99. The van der Waals surface area contributed by atoms with Gasteiger partial charge in [0.2, 0.25) is 0 Å². The molecule has 2 aliphatic rings. The molecular weight excluding hydrogens is 292 g/mol. The van der Waals surface area contributed by atoms with Crippen LogP contribution in [0.1, 0.15) is 40.5 Å². The van der Waals surface area contributed by atoms with E-state index in [1.807, 2.05) is 0 Å². The van der Waals surface area contributed by atoms with E-state index >= 15 is 0 Å². The van der Waals surface area contributed by atoms with E-state index in [9.17, 15) is 0 Å². The summed E-state index contributed by atoms with van der Waals surface area (Å²) < 4.78 is 0.332. The fraction of sp³-hybridized carbons (Fsp3) is 0.941. The number of likely N-dealkylation sites (tertiary alicyclic amines) is 1. The van der Waals surface area contributed by atoms with Crippen molar-refractivity contribution in [1.29, 1.82) is 0 Å². The standard InChI is InChI=1S/C17H34N4S/c1-5-18-16(21-10-11-22-17(3,4)14-21)19-12-15-8-7-9-20(6-2)13-15/h15H,5-14H2,1-4H3,(H,18,19). The van der Waals surface area contributed by atoms with Crippen molar-refractivity contribution in [2.24, 2.45) is 10.9 Å². The van der Waals surface area contributed by atoms with Crippen LogP contribution in [0, 0.1) is 5.92 Å². The molecule has 0 spiro atoms. The van der Waals surface area contributed by atoms with Crippen LogP contribution in [0.5, 0.6) is 0 Å². The molecule has 0 radical (unpaired) electrons. The Labute approximate surface area is 141 Å². The van der Waals surface area contributed by atoms with Crippen LogP contribution in [0.2, 0.25) is 0 Å². The molecule has 0 aromatic rings. The molecule has 22 heavy (non-hydrogen) atoms. The largest absolute Gasteiger partial charge is 0.357 e. The molecule has 1 unspecified atom stereocenters. The van der Waals surface area contributed by atoms with E-state index in [1.165, 1.54) is 38.2 Å². The molecule has 2 fully saturated rings. The average molecular weight is 327 g/mol. The predicted molar refractivity (Wildman–Crippen MR) is 98.9 cm³/mol. The van der Waals surface area contributed by atoms with E-state index in [1.54, 1.807) is 0 Å². The molecule has 2 saturated heterocycles. The highest BCUT2D eigenvalue weighted by Crippen LogP contribution is 2.29. The van der Waals surface area contributed by atoms with Crippen LogP contribution in [-0.4, -0.2) is 72.1 Å². The van der Waals surface area contributed by atoms with Gasteiger partial charge in [-0.15, -0.1) is 0 Å². The first-order chi connectivity index (χ1) is 10.5. The summed E-state index contributed by atoms with van der Waals surface area (Å²) >= 11 is 2.08. The minimum atomic E-state index is 0.332. The lowest BCUT2D eigenvalue weighted by Crippen LogP contribution is -2.51. The molecule has 2 aliphatic heterocycles. The van der Waals surface area contributed by atoms with Crippen molar-refractivity contribution in [2.75, 3.05) is 51.6 Å². The first-order valence-electron chi connectivity index (χ1n) is 8.93. The first-order valence-corrected chi connectivity index (χ1v) is 9.92. The Morgan fingerprint density at radius 2 is 2.14 bits per heavy atom. The predicted octanol–water partition coefficient (Wildman–Crippen LogP) is 2.51. The first kappa shape index (κ1) is 17.9. The van der Waals surface area contributed by atoms with Gasteiger partial charge in [0.15, 0.2) is 5.96 Å². The molecule has 5 heteroatoms. The molecule has 1 atom stereocenters. The summed E-state index contributed by atoms with van der Waals surface area (Å²) in [4.78, 5) is 10.0. The van der Waals surface area contributed by atoms with Gasteiger partial charge in [-0.25, -0.2) is 0 Å². The van der Waals surface area contributed by atoms with Crippen LogP contribution in [0.3, 0.4) is 0 Å². The summed E-state index contributed by atoms with van der Waals surface area (Å²) in [6.07, 6.45) is 2.67. The van der Waals surface area contributed by atoms with Crippen molar-refractivity contribution in [2.45, 2.75) is 45.3 Å². The van der Waals surface area contributed by atoms with Crippen molar-refractivity contribution < 1.29 is 0 Å². The number of thioether (sulfide) groups is 1. The van der Waals surface area contributed by atoms with Crippen molar-refractivity contribution in [3.8, 4) is 0 Å². The van der Waals surface area contributed by atoms with E-state index in [0.29, 0.717) is 4.75 Å². The highest BCUT2D eigenvalue weighted by atomic mass is 32.2. The molecule has 0 saturated carbocycles. The van der Waals surface area contributed by atoms with Crippen molar-refractivity contribution >= 4 is 17.7 Å². The lowest BCUT2D eigenvalue weighted by molar-refractivity contribution is 0.186. The van der Waals surface area contributed by atoms with Crippen LogP contribution in [0.15, 0.2) is 4.99 Å². The van der Waals surface area contributed by atoms with Gasteiger partial charge in [0.05, 0.1) is 0 Å². The molecule has 0 amide bonds. The highest BCUT2D eigenvalue weighted by Gasteiger charge is 2.29. The van der Waals surface area contributed by atoms with Crippen LogP contribution in [0.25, 0.3) is 0 Å². The van der Waals surface area contributed by atoms with Gasteiger partial charge in [-0.2, -0.15) is 11.8 Å². The monoisotopic (exact) mass is 326 g/mol. The van der Waals surface area contributed by atoms with E-state index in [2.05, 4.69) is 54.6 Å². The summed E-state index contributed by atoms with van der Waals surface area (Å²) in [6, 6.07) is 0. The van der Waals surface area contributed by atoms with Crippen molar-refractivity contribution in [3.63, 3.8) is 0 Å². The zero-order valence-electron chi connectivity index (χ0n) is 14.9.